The lowest BCUT2D eigenvalue weighted by molar-refractivity contribution is -0.124. The quantitative estimate of drug-likeness (QED) is 0.596. The molecule has 1 aliphatic rings. The van der Waals surface area contributed by atoms with Gasteiger partial charge in [0.25, 0.3) is 0 Å². The second-order valence-corrected chi connectivity index (χ2v) is 7.39. The first-order valence-corrected chi connectivity index (χ1v) is 10.00. The molecule has 3 aromatic rings. The Kier molecular flexibility index (Phi) is 5.65. The highest BCUT2D eigenvalue weighted by molar-refractivity contribution is 5.95. The molecule has 2 aromatic heterocycles. The summed E-state index contributed by atoms with van der Waals surface area (Å²) >= 11 is 0. The van der Waals surface area contributed by atoms with Gasteiger partial charge in [-0.2, -0.15) is 5.10 Å². The number of hydrogen-bond acceptors (Lipinski definition) is 6. The third-order valence-corrected chi connectivity index (χ3v) is 5.12. The normalized spacial score (nSPS) is 13.2. The second-order valence-electron chi connectivity index (χ2n) is 7.39. The lowest BCUT2D eigenvalue weighted by Crippen LogP contribution is -2.37. The predicted octanol–water partition coefficient (Wildman–Crippen LogP) is 3.18. The summed E-state index contributed by atoms with van der Waals surface area (Å²) in [6.07, 6.45) is 1.30. The predicted molar refractivity (Wildman–Crippen MR) is 110 cm³/mol. The highest BCUT2D eigenvalue weighted by atomic mass is 16.5. The molecule has 0 N–H and O–H groups in total. The van der Waals surface area contributed by atoms with Gasteiger partial charge in [-0.05, 0) is 25.5 Å². The zero-order valence-electron chi connectivity index (χ0n) is 17.1. The van der Waals surface area contributed by atoms with Crippen LogP contribution in [0.15, 0.2) is 40.9 Å². The van der Waals surface area contributed by atoms with E-state index in [0.717, 1.165) is 35.8 Å². The first kappa shape index (κ1) is 19.9. The molecule has 1 aliphatic heterocycles. The van der Waals surface area contributed by atoms with Crippen LogP contribution in [0.4, 0.5) is 5.82 Å². The molecule has 0 saturated heterocycles. The fraction of sp³-hybridized carbons (Fsp3) is 0.364. The SMILES string of the molecule is COc1cccc(-c2cc(CC(=O)CCC(=O)N3CCCn4nc(C)cc43)on2)c1. The van der Waals surface area contributed by atoms with E-state index in [-0.39, 0.29) is 31.0 Å². The van der Waals surface area contributed by atoms with Crippen molar-refractivity contribution >= 4 is 17.5 Å². The van der Waals surface area contributed by atoms with Gasteiger partial charge in [-0.3, -0.25) is 14.5 Å². The number of benzene rings is 1. The largest absolute Gasteiger partial charge is 0.497 e. The average molecular weight is 408 g/mol. The standard InChI is InChI=1S/C22H24N4O4/c1-15-11-21-25(9-4-10-26(21)23-15)22(28)8-7-17(27)13-19-14-20(24-30-19)16-5-3-6-18(12-16)29-2/h3,5-6,11-12,14H,4,7-10,13H2,1-2H3. The van der Waals surface area contributed by atoms with E-state index in [2.05, 4.69) is 10.3 Å². The molecule has 3 heterocycles. The van der Waals surface area contributed by atoms with Gasteiger partial charge in [-0.15, -0.1) is 0 Å². The first-order chi connectivity index (χ1) is 14.5. The monoisotopic (exact) mass is 408 g/mol. The fourth-order valence-electron chi connectivity index (χ4n) is 3.64. The van der Waals surface area contributed by atoms with Crippen molar-refractivity contribution in [2.24, 2.45) is 0 Å². The number of fused-ring (bicyclic) bond motifs is 1. The topological polar surface area (TPSA) is 90.5 Å². The third kappa shape index (κ3) is 4.27. The molecule has 0 saturated carbocycles. The smallest absolute Gasteiger partial charge is 0.228 e. The number of ether oxygens (including phenoxy) is 1. The number of aromatic nitrogens is 3. The van der Waals surface area contributed by atoms with Crippen molar-refractivity contribution in [3.05, 3.63) is 47.9 Å². The molecular formula is C22H24N4O4. The molecule has 156 valence electrons. The highest BCUT2D eigenvalue weighted by Gasteiger charge is 2.24. The number of rotatable bonds is 7. The summed E-state index contributed by atoms with van der Waals surface area (Å²) in [4.78, 5) is 26.8. The van der Waals surface area contributed by atoms with Gasteiger partial charge in [0, 0.05) is 43.6 Å². The summed E-state index contributed by atoms with van der Waals surface area (Å²) in [5, 5.41) is 8.44. The van der Waals surface area contributed by atoms with Crippen LogP contribution in [-0.4, -0.2) is 40.3 Å². The van der Waals surface area contributed by atoms with Crippen LogP contribution >= 0.6 is 0 Å². The molecule has 0 aliphatic carbocycles. The van der Waals surface area contributed by atoms with Crippen LogP contribution in [0.25, 0.3) is 11.3 Å². The summed E-state index contributed by atoms with van der Waals surface area (Å²) in [6, 6.07) is 11.1. The van der Waals surface area contributed by atoms with Gasteiger partial charge in [0.05, 0.1) is 19.2 Å². The number of aryl methyl sites for hydroxylation is 2. The van der Waals surface area contributed by atoms with Crippen molar-refractivity contribution < 1.29 is 18.8 Å². The van der Waals surface area contributed by atoms with Crippen LogP contribution < -0.4 is 9.64 Å². The van der Waals surface area contributed by atoms with Gasteiger partial charge in [0.2, 0.25) is 5.91 Å². The van der Waals surface area contributed by atoms with Gasteiger partial charge in [0.1, 0.15) is 28.8 Å². The lowest BCUT2D eigenvalue weighted by Gasteiger charge is -2.27. The van der Waals surface area contributed by atoms with Crippen molar-refractivity contribution in [2.45, 2.75) is 39.2 Å². The number of carbonyl (C=O) groups excluding carboxylic acids is 2. The molecule has 1 amide bonds. The lowest BCUT2D eigenvalue weighted by atomic mass is 10.1. The van der Waals surface area contributed by atoms with Crippen LogP contribution in [0, 0.1) is 6.92 Å². The Morgan fingerprint density at radius 1 is 1.17 bits per heavy atom. The number of nitrogens with zero attached hydrogens (tertiary/aromatic N) is 4. The molecule has 8 heteroatoms. The molecule has 4 rings (SSSR count). The maximum atomic E-state index is 12.7. The molecule has 0 unspecified atom stereocenters. The molecule has 30 heavy (non-hydrogen) atoms. The molecule has 8 nitrogen and oxygen atoms in total. The third-order valence-electron chi connectivity index (χ3n) is 5.12. The van der Waals surface area contributed by atoms with Crippen molar-refractivity contribution in [3.63, 3.8) is 0 Å². The second kappa shape index (κ2) is 8.52. The maximum absolute atomic E-state index is 12.7. The summed E-state index contributed by atoms with van der Waals surface area (Å²) < 4.78 is 12.4. The Labute approximate surface area is 174 Å². The number of hydrogen-bond donors (Lipinski definition) is 0. The summed E-state index contributed by atoms with van der Waals surface area (Å²) in [5.74, 6) is 1.91. The molecule has 0 bridgehead atoms. The maximum Gasteiger partial charge on any atom is 0.228 e. The van der Waals surface area contributed by atoms with Crippen molar-refractivity contribution in [2.75, 3.05) is 18.6 Å². The number of ketones is 1. The number of anilines is 1. The van der Waals surface area contributed by atoms with E-state index < -0.39 is 0 Å². The van der Waals surface area contributed by atoms with Crippen LogP contribution in [0.5, 0.6) is 5.75 Å². The van der Waals surface area contributed by atoms with Gasteiger partial charge in [-0.25, -0.2) is 4.68 Å². The van der Waals surface area contributed by atoms with E-state index in [0.29, 0.717) is 18.0 Å². The van der Waals surface area contributed by atoms with Gasteiger partial charge in [0.15, 0.2) is 0 Å². The van der Waals surface area contributed by atoms with Crippen molar-refractivity contribution in [1.29, 1.82) is 0 Å². The van der Waals surface area contributed by atoms with Gasteiger partial charge < -0.3 is 9.26 Å². The van der Waals surface area contributed by atoms with Crippen LogP contribution in [0.1, 0.15) is 30.7 Å². The zero-order valence-corrected chi connectivity index (χ0v) is 17.1. The number of carbonyl (C=O) groups is 2. The minimum absolute atomic E-state index is 0.0566. The van der Waals surface area contributed by atoms with Gasteiger partial charge >= 0.3 is 0 Å². The van der Waals surface area contributed by atoms with Crippen LogP contribution in [0.3, 0.4) is 0 Å². The van der Waals surface area contributed by atoms with E-state index in [1.807, 2.05) is 41.9 Å². The minimum atomic E-state index is -0.0570. The van der Waals surface area contributed by atoms with E-state index in [1.54, 1.807) is 18.1 Å². The highest BCUT2D eigenvalue weighted by Crippen LogP contribution is 2.25. The van der Waals surface area contributed by atoms with Gasteiger partial charge in [-0.1, -0.05) is 17.3 Å². The van der Waals surface area contributed by atoms with Crippen molar-refractivity contribution in [3.8, 4) is 17.0 Å². The molecular weight excluding hydrogens is 384 g/mol. The summed E-state index contributed by atoms with van der Waals surface area (Å²) in [5.41, 5.74) is 2.38. The van der Waals surface area contributed by atoms with Crippen LogP contribution in [0.2, 0.25) is 0 Å². The Hall–Kier alpha value is -3.42. The van der Waals surface area contributed by atoms with E-state index in [9.17, 15) is 9.59 Å². The molecule has 0 spiro atoms. The number of methoxy groups -OCH3 is 1. The Morgan fingerprint density at radius 3 is 2.87 bits per heavy atom. The molecule has 0 fully saturated rings. The first-order valence-electron chi connectivity index (χ1n) is 10.00. The Bertz CT molecular complexity index is 1070. The van der Waals surface area contributed by atoms with Crippen LogP contribution in [-0.2, 0) is 22.6 Å². The molecule has 0 radical (unpaired) electrons. The Morgan fingerprint density at radius 2 is 2.03 bits per heavy atom. The molecule has 1 aromatic carbocycles. The fourth-order valence-corrected chi connectivity index (χ4v) is 3.64. The zero-order chi connectivity index (χ0) is 21.1. The average Bonchev–Trinajstić information content (AvgIpc) is 3.37. The number of amides is 1. The van der Waals surface area contributed by atoms with E-state index >= 15 is 0 Å². The Balaban J connectivity index is 1.33. The van der Waals surface area contributed by atoms with Crippen molar-refractivity contribution in [1.82, 2.24) is 14.9 Å². The molecule has 0 atom stereocenters. The summed E-state index contributed by atoms with van der Waals surface area (Å²) in [7, 11) is 1.60. The minimum Gasteiger partial charge on any atom is -0.497 e. The summed E-state index contributed by atoms with van der Waals surface area (Å²) in [6.45, 7) is 3.38. The van der Waals surface area contributed by atoms with E-state index in [1.165, 1.54) is 0 Å². The number of Topliss-reactive ketones (excluding diaryl/α,β-unsaturated/α-hetero) is 1. The van der Waals surface area contributed by atoms with E-state index in [4.69, 9.17) is 9.26 Å².